The van der Waals surface area contributed by atoms with Crippen LogP contribution in [0.15, 0.2) is 54.8 Å². The summed E-state index contributed by atoms with van der Waals surface area (Å²) in [5.41, 5.74) is 3.51. The van der Waals surface area contributed by atoms with Crippen molar-refractivity contribution in [2.75, 3.05) is 0 Å². The minimum Gasteiger partial charge on any atom is -0.506 e. The summed E-state index contributed by atoms with van der Waals surface area (Å²) in [5.74, 6) is 0.189. The smallest absolute Gasteiger partial charge is 0.228 e. The van der Waals surface area contributed by atoms with Gasteiger partial charge in [0.2, 0.25) is 5.89 Å². The largest absolute Gasteiger partial charge is 0.506 e. The summed E-state index contributed by atoms with van der Waals surface area (Å²) in [6.07, 6.45) is 1.52. The monoisotopic (exact) mass is 568 g/mol. The minimum atomic E-state index is -0.0997. The number of fused-ring (bicyclic) bond motifs is 1. The van der Waals surface area contributed by atoms with Crippen LogP contribution in [0.5, 0.6) is 11.5 Å². The number of hydrogen-bond donors (Lipinski definition) is 2. The van der Waals surface area contributed by atoms with Gasteiger partial charge < -0.3 is 14.6 Å². The molecule has 0 fully saturated rings. The van der Waals surface area contributed by atoms with Crippen molar-refractivity contribution in [3.05, 3.63) is 66.5 Å². The third kappa shape index (κ3) is 3.83. The number of oxazole rings is 1. The Bertz CT molecular complexity index is 1310. The summed E-state index contributed by atoms with van der Waals surface area (Å²) in [7, 11) is 0. The van der Waals surface area contributed by atoms with Crippen molar-refractivity contribution in [2.45, 2.75) is 6.92 Å². The molecule has 0 atom stereocenters. The molecule has 9 heteroatoms. The van der Waals surface area contributed by atoms with Crippen molar-refractivity contribution in [1.29, 1.82) is 0 Å². The molecule has 0 aliphatic heterocycles. The molecular formula is C21H12Br2Cl2N2O3. The number of aromatic hydroxyl groups is 2. The van der Waals surface area contributed by atoms with E-state index in [0.29, 0.717) is 53.9 Å². The van der Waals surface area contributed by atoms with Crippen LogP contribution in [-0.2, 0) is 0 Å². The fourth-order valence-corrected chi connectivity index (χ4v) is 4.33. The average molecular weight is 571 g/mol. The summed E-state index contributed by atoms with van der Waals surface area (Å²) in [5, 5.41) is 21.4. The summed E-state index contributed by atoms with van der Waals surface area (Å²) < 4.78 is 6.47. The highest BCUT2D eigenvalue weighted by Gasteiger charge is 2.17. The second-order valence-electron chi connectivity index (χ2n) is 6.42. The van der Waals surface area contributed by atoms with Crippen LogP contribution in [0.1, 0.15) is 11.1 Å². The van der Waals surface area contributed by atoms with E-state index in [0.717, 1.165) is 0 Å². The first-order valence-corrected chi connectivity index (χ1v) is 10.9. The number of benzene rings is 3. The van der Waals surface area contributed by atoms with Gasteiger partial charge in [-0.2, -0.15) is 0 Å². The molecule has 1 heterocycles. The predicted octanol–water partition coefficient (Wildman–Crippen LogP) is 7.80. The van der Waals surface area contributed by atoms with Gasteiger partial charge in [0.25, 0.3) is 0 Å². The Morgan fingerprint density at radius 2 is 1.80 bits per heavy atom. The number of rotatable bonds is 3. The molecule has 0 bridgehead atoms. The summed E-state index contributed by atoms with van der Waals surface area (Å²) in [6.45, 7) is 1.76. The Hall–Kier alpha value is -2.06. The van der Waals surface area contributed by atoms with Gasteiger partial charge in [-0.25, -0.2) is 4.98 Å². The average Bonchev–Trinajstić information content (AvgIpc) is 3.15. The second-order valence-corrected chi connectivity index (χ2v) is 8.85. The lowest BCUT2D eigenvalue weighted by molar-refractivity contribution is 0.441. The number of phenols is 2. The molecule has 1 aromatic heterocycles. The fraction of sp³-hybridized carbons (Fsp3) is 0.0476. The first-order valence-electron chi connectivity index (χ1n) is 8.56. The van der Waals surface area contributed by atoms with Crippen LogP contribution in [-0.4, -0.2) is 21.4 Å². The van der Waals surface area contributed by atoms with Crippen molar-refractivity contribution >= 4 is 78.1 Å². The van der Waals surface area contributed by atoms with E-state index in [9.17, 15) is 10.2 Å². The highest BCUT2D eigenvalue weighted by Crippen LogP contribution is 2.43. The Balaban J connectivity index is 1.73. The van der Waals surface area contributed by atoms with Gasteiger partial charge in [0.1, 0.15) is 21.5 Å². The summed E-state index contributed by atoms with van der Waals surface area (Å²) in [6, 6.07) is 10.4. The number of aliphatic imine (C=N–C) groups is 1. The van der Waals surface area contributed by atoms with Crippen LogP contribution in [0.25, 0.3) is 22.6 Å². The van der Waals surface area contributed by atoms with Crippen LogP contribution in [0, 0.1) is 6.92 Å². The van der Waals surface area contributed by atoms with Gasteiger partial charge in [-0.15, -0.1) is 0 Å². The molecule has 3 aromatic carbocycles. The molecule has 5 nitrogen and oxygen atoms in total. The molecule has 0 spiro atoms. The zero-order valence-corrected chi connectivity index (χ0v) is 19.9. The molecule has 0 radical (unpaired) electrons. The maximum absolute atomic E-state index is 10.3. The van der Waals surface area contributed by atoms with Gasteiger partial charge in [0, 0.05) is 16.8 Å². The zero-order chi connectivity index (χ0) is 21.6. The SMILES string of the molecule is Cc1c(Br)c(O)c(Br)c(O)c1C=Nc1ccc2oc(-c3cc(Cl)ccc3Cl)nc2c1. The van der Waals surface area contributed by atoms with Crippen LogP contribution >= 0.6 is 55.1 Å². The quantitative estimate of drug-likeness (QED) is 0.246. The molecule has 0 saturated carbocycles. The first-order chi connectivity index (χ1) is 14.3. The standard InChI is InChI=1S/C21H12Br2Cl2N2O3/c1-9-13(19(28)18(23)20(29)17(9)22)8-26-11-3-5-16-15(7-11)27-21(30-16)12-6-10(24)2-4-14(12)25/h2-8,28-29H,1H3. The second kappa shape index (κ2) is 8.23. The van der Waals surface area contributed by atoms with E-state index in [1.807, 2.05) is 0 Å². The van der Waals surface area contributed by atoms with Crippen LogP contribution < -0.4 is 0 Å². The van der Waals surface area contributed by atoms with E-state index >= 15 is 0 Å². The molecule has 0 aliphatic rings. The number of phenolic OH excluding ortho intramolecular Hbond substituents is 2. The number of aromatic nitrogens is 1. The highest BCUT2D eigenvalue weighted by atomic mass is 79.9. The predicted molar refractivity (Wildman–Crippen MR) is 127 cm³/mol. The van der Waals surface area contributed by atoms with Gasteiger partial charge in [-0.1, -0.05) is 23.2 Å². The van der Waals surface area contributed by atoms with Crippen molar-refractivity contribution in [1.82, 2.24) is 4.98 Å². The number of halogens is 4. The third-order valence-corrected chi connectivity index (χ3v) is 6.77. The molecule has 0 aliphatic carbocycles. The normalized spacial score (nSPS) is 11.6. The van der Waals surface area contributed by atoms with Crippen molar-refractivity contribution < 1.29 is 14.6 Å². The molecule has 0 unspecified atom stereocenters. The number of hydrogen-bond acceptors (Lipinski definition) is 5. The highest BCUT2D eigenvalue weighted by molar-refractivity contribution is 9.11. The van der Waals surface area contributed by atoms with Crippen molar-refractivity contribution in [2.24, 2.45) is 4.99 Å². The molecule has 0 amide bonds. The Kier molecular flexibility index (Phi) is 5.81. The zero-order valence-electron chi connectivity index (χ0n) is 15.3. The van der Waals surface area contributed by atoms with Crippen LogP contribution in [0.4, 0.5) is 5.69 Å². The van der Waals surface area contributed by atoms with E-state index in [4.69, 9.17) is 27.6 Å². The van der Waals surface area contributed by atoms with E-state index in [2.05, 4.69) is 41.8 Å². The maximum Gasteiger partial charge on any atom is 0.228 e. The van der Waals surface area contributed by atoms with E-state index in [1.165, 1.54) is 6.21 Å². The molecule has 2 N–H and O–H groups in total. The van der Waals surface area contributed by atoms with Gasteiger partial charge in [0.15, 0.2) is 5.58 Å². The first kappa shape index (κ1) is 21.2. The van der Waals surface area contributed by atoms with E-state index < -0.39 is 0 Å². The number of nitrogens with zero attached hydrogens (tertiary/aromatic N) is 2. The lowest BCUT2D eigenvalue weighted by Crippen LogP contribution is -1.92. The van der Waals surface area contributed by atoms with Gasteiger partial charge in [-0.3, -0.25) is 4.99 Å². The summed E-state index contributed by atoms with van der Waals surface area (Å²) in [4.78, 5) is 8.93. The van der Waals surface area contributed by atoms with Gasteiger partial charge in [-0.05, 0) is 80.7 Å². The Morgan fingerprint density at radius 3 is 2.57 bits per heavy atom. The van der Waals surface area contributed by atoms with Crippen molar-refractivity contribution in [3.63, 3.8) is 0 Å². The van der Waals surface area contributed by atoms with Gasteiger partial charge in [0.05, 0.1) is 20.7 Å². The molecule has 0 saturated heterocycles. The third-order valence-electron chi connectivity index (χ3n) is 4.48. The van der Waals surface area contributed by atoms with E-state index in [-0.39, 0.29) is 16.0 Å². The maximum atomic E-state index is 10.3. The lowest BCUT2D eigenvalue weighted by atomic mass is 10.1. The lowest BCUT2D eigenvalue weighted by Gasteiger charge is -2.10. The molecule has 4 aromatic rings. The Labute approximate surface area is 198 Å². The Morgan fingerprint density at radius 1 is 1.03 bits per heavy atom. The molecule has 30 heavy (non-hydrogen) atoms. The van der Waals surface area contributed by atoms with Crippen LogP contribution in [0.3, 0.4) is 0 Å². The van der Waals surface area contributed by atoms with Crippen LogP contribution in [0.2, 0.25) is 10.0 Å². The molecule has 152 valence electrons. The minimum absolute atomic E-state index is 0.0710. The topological polar surface area (TPSA) is 78.9 Å². The summed E-state index contributed by atoms with van der Waals surface area (Å²) >= 11 is 18.8. The van der Waals surface area contributed by atoms with E-state index in [1.54, 1.807) is 43.3 Å². The molecule has 4 rings (SSSR count). The van der Waals surface area contributed by atoms with Gasteiger partial charge >= 0.3 is 0 Å². The van der Waals surface area contributed by atoms with Crippen molar-refractivity contribution in [3.8, 4) is 23.0 Å². The molecular weight excluding hydrogens is 559 g/mol. The fourth-order valence-electron chi connectivity index (χ4n) is 2.87.